The van der Waals surface area contributed by atoms with Crippen molar-refractivity contribution >= 4 is 0 Å². The molecule has 100 valence electrons. The van der Waals surface area contributed by atoms with E-state index in [9.17, 15) is 0 Å². The van der Waals surface area contributed by atoms with E-state index in [1.54, 1.807) is 18.6 Å². The molecule has 20 heavy (non-hydrogen) atoms. The topological polar surface area (TPSA) is 81.7 Å². The third-order valence-corrected chi connectivity index (χ3v) is 3.08. The molecule has 0 aliphatic heterocycles. The fourth-order valence-corrected chi connectivity index (χ4v) is 2.14. The minimum absolute atomic E-state index is 0.201. The Balaban J connectivity index is 2.04. The zero-order valence-electron chi connectivity index (χ0n) is 10.7. The SMILES string of the molecule is NNC(c1ccnnc1)c1ccnn1-c1ccccc1. The number of nitrogens with one attached hydrogen (secondary N) is 1. The summed E-state index contributed by atoms with van der Waals surface area (Å²) in [5, 5.41) is 12.0. The molecule has 3 aromatic rings. The van der Waals surface area contributed by atoms with Crippen LogP contribution < -0.4 is 11.3 Å². The monoisotopic (exact) mass is 266 g/mol. The maximum atomic E-state index is 5.70. The molecule has 1 aromatic carbocycles. The van der Waals surface area contributed by atoms with Crippen LogP contribution in [-0.2, 0) is 0 Å². The molecule has 3 rings (SSSR count). The Labute approximate surface area is 116 Å². The summed E-state index contributed by atoms with van der Waals surface area (Å²) in [5.74, 6) is 5.70. The molecule has 0 aliphatic carbocycles. The van der Waals surface area contributed by atoms with Gasteiger partial charge in [-0.25, -0.2) is 10.1 Å². The Morgan fingerprint density at radius 2 is 1.85 bits per heavy atom. The minimum Gasteiger partial charge on any atom is -0.271 e. The first-order chi connectivity index (χ1) is 9.90. The molecular weight excluding hydrogens is 252 g/mol. The molecule has 1 atom stereocenters. The van der Waals surface area contributed by atoms with Gasteiger partial charge in [-0.05, 0) is 29.8 Å². The van der Waals surface area contributed by atoms with Crippen molar-refractivity contribution in [3.8, 4) is 5.69 Å². The lowest BCUT2D eigenvalue weighted by atomic mass is 10.1. The molecule has 2 heterocycles. The first-order valence-electron chi connectivity index (χ1n) is 6.22. The normalized spacial score (nSPS) is 12.2. The summed E-state index contributed by atoms with van der Waals surface area (Å²) < 4.78 is 1.85. The zero-order valence-corrected chi connectivity index (χ0v) is 10.7. The van der Waals surface area contributed by atoms with Crippen LogP contribution >= 0.6 is 0 Å². The largest absolute Gasteiger partial charge is 0.271 e. The third-order valence-electron chi connectivity index (χ3n) is 3.08. The predicted octanol–water partition coefficient (Wildman–Crippen LogP) is 1.21. The molecule has 0 bridgehead atoms. The molecular formula is C14H14N6. The second-order valence-corrected chi connectivity index (χ2v) is 4.28. The Morgan fingerprint density at radius 1 is 1.00 bits per heavy atom. The summed E-state index contributed by atoms with van der Waals surface area (Å²) in [7, 11) is 0. The summed E-state index contributed by atoms with van der Waals surface area (Å²) >= 11 is 0. The van der Waals surface area contributed by atoms with Gasteiger partial charge in [0.25, 0.3) is 0 Å². The molecule has 6 nitrogen and oxygen atoms in total. The molecule has 0 saturated heterocycles. The number of hydrogen-bond acceptors (Lipinski definition) is 5. The lowest BCUT2D eigenvalue weighted by Gasteiger charge is -2.17. The van der Waals surface area contributed by atoms with Crippen molar-refractivity contribution in [3.05, 3.63) is 72.3 Å². The van der Waals surface area contributed by atoms with E-state index in [1.165, 1.54) is 0 Å². The van der Waals surface area contributed by atoms with Gasteiger partial charge in [-0.2, -0.15) is 15.3 Å². The van der Waals surface area contributed by atoms with Crippen LogP contribution in [0.2, 0.25) is 0 Å². The highest BCUT2D eigenvalue weighted by Crippen LogP contribution is 2.22. The number of nitrogens with zero attached hydrogens (tertiary/aromatic N) is 4. The van der Waals surface area contributed by atoms with Crippen LogP contribution in [-0.4, -0.2) is 20.0 Å². The van der Waals surface area contributed by atoms with Crippen LogP contribution in [0.3, 0.4) is 0 Å². The Morgan fingerprint density at radius 3 is 2.55 bits per heavy atom. The maximum absolute atomic E-state index is 5.70. The quantitative estimate of drug-likeness (QED) is 0.548. The molecule has 0 aliphatic rings. The molecule has 0 radical (unpaired) electrons. The van der Waals surface area contributed by atoms with Gasteiger partial charge < -0.3 is 0 Å². The van der Waals surface area contributed by atoms with Crippen LogP contribution in [0.25, 0.3) is 5.69 Å². The highest BCUT2D eigenvalue weighted by atomic mass is 15.3. The van der Waals surface area contributed by atoms with Crippen LogP contribution in [0, 0.1) is 0 Å². The van der Waals surface area contributed by atoms with Gasteiger partial charge in [0.05, 0.1) is 23.6 Å². The first kappa shape index (κ1) is 12.5. The van der Waals surface area contributed by atoms with E-state index in [4.69, 9.17) is 5.84 Å². The lowest BCUT2D eigenvalue weighted by molar-refractivity contribution is 0.594. The van der Waals surface area contributed by atoms with Gasteiger partial charge in [-0.15, -0.1) is 0 Å². The minimum atomic E-state index is -0.201. The summed E-state index contributed by atoms with van der Waals surface area (Å²) in [6.07, 6.45) is 5.08. The van der Waals surface area contributed by atoms with E-state index in [1.807, 2.05) is 47.1 Å². The van der Waals surface area contributed by atoms with E-state index in [0.29, 0.717) is 0 Å². The highest BCUT2D eigenvalue weighted by molar-refractivity contribution is 5.35. The second kappa shape index (κ2) is 5.60. The summed E-state index contributed by atoms with van der Waals surface area (Å²) in [6.45, 7) is 0. The van der Waals surface area contributed by atoms with Gasteiger partial charge in [0, 0.05) is 12.4 Å². The first-order valence-corrected chi connectivity index (χ1v) is 6.22. The number of hydrogen-bond donors (Lipinski definition) is 2. The van der Waals surface area contributed by atoms with Crippen LogP contribution in [0.4, 0.5) is 0 Å². The third kappa shape index (κ3) is 2.29. The average molecular weight is 266 g/mol. The fraction of sp³-hybridized carbons (Fsp3) is 0.0714. The van der Waals surface area contributed by atoms with Crippen molar-refractivity contribution in [2.24, 2.45) is 5.84 Å². The number of para-hydroxylation sites is 1. The molecule has 6 heteroatoms. The van der Waals surface area contributed by atoms with Crippen molar-refractivity contribution in [1.82, 2.24) is 25.4 Å². The number of rotatable bonds is 4. The standard InChI is InChI=1S/C14H14N6/c15-19-14(11-6-8-16-17-10-11)13-7-9-18-20(13)12-4-2-1-3-5-12/h1-10,14,19H,15H2. The van der Waals surface area contributed by atoms with Crippen molar-refractivity contribution < 1.29 is 0 Å². The van der Waals surface area contributed by atoms with E-state index in [0.717, 1.165) is 16.9 Å². The number of hydrazine groups is 1. The lowest BCUT2D eigenvalue weighted by Crippen LogP contribution is -2.30. The Kier molecular flexibility index (Phi) is 3.49. The van der Waals surface area contributed by atoms with Crippen LogP contribution in [0.5, 0.6) is 0 Å². The van der Waals surface area contributed by atoms with Gasteiger partial charge in [0.1, 0.15) is 0 Å². The average Bonchev–Trinajstić information content (AvgIpc) is 2.99. The van der Waals surface area contributed by atoms with Crippen molar-refractivity contribution in [2.45, 2.75) is 6.04 Å². The van der Waals surface area contributed by atoms with E-state index < -0.39 is 0 Å². The van der Waals surface area contributed by atoms with Gasteiger partial charge in [-0.3, -0.25) is 5.84 Å². The molecule has 0 amide bonds. The smallest absolute Gasteiger partial charge is 0.0898 e. The van der Waals surface area contributed by atoms with Gasteiger partial charge >= 0.3 is 0 Å². The van der Waals surface area contributed by atoms with E-state index >= 15 is 0 Å². The Bertz CT molecular complexity index is 664. The van der Waals surface area contributed by atoms with E-state index in [2.05, 4.69) is 20.7 Å². The zero-order chi connectivity index (χ0) is 13.8. The molecule has 0 saturated carbocycles. The van der Waals surface area contributed by atoms with E-state index in [-0.39, 0.29) is 6.04 Å². The summed E-state index contributed by atoms with van der Waals surface area (Å²) in [6, 6.07) is 13.5. The number of benzene rings is 1. The predicted molar refractivity (Wildman–Crippen MR) is 74.8 cm³/mol. The molecule has 2 aromatic heterocycles. The molecule has 3 N–H and O–H groups in total. The molecule has 0 spiro atoms. The van der Waals surface area contributed by atoms with Crippen molar-refractivity contribution in [1.29, 1.82) is 0 Å². The van der Waals surface area contributed by atoms with Crippen molar-refractivity contribution in [2.75, 3.05) is 0 Å². The van der Waals surface area contributed by atoms with Crippen LogP contribution in [0.1, 0.15) is 17.3 Å². The number of aromatic nitrogens is 4. The number of nitrogens with two attached hydrogens (primary N) is 1. The summed E-state index contributed by atoms with van der Waals surface area (Å²) in [4.78, 5) is 0. The molecule has 1 unspecified atom stereocenters. The molecule has 0 fully saturated rings. The van der Waals surface area contributed by atoms with Gasteiger partial charge in [0.2, 0.25) is 0 Å². The fourth-order valence-electron chi connectivity index (χ4n) is 2.14. The second-order valence-electron chi connectivity index (χ2n) is 4.28. The summed E-state index contributed by atoms with van der Waals surface area (Å²) in [5.41, 5.74) is 5.65. The maximum Gasteiger partial charge on any atom is 0.0898 e. The van der Waals surface area contributed by atoms with Gasteiger partial charge in [0.15, 0.2) is 0 Å². The van der Waals surface area contributed by atoms with Crippen molar-refractivity contribution in [3.63, 3.8) is 0 Å². The van der Waals surface area contributed by atoms with Gasteiger partial charge in [-0.1, -0.05) is 18.2 Å². The highest BCUT2D eigenvalue weighted by Gasteiger charge is 2.18. The van der Waals surface area contributed by atoms with Crippen LogP contribution in [0.15, 0.2) is 61.1 Å². The Hall–Kier alpha value is -2.57.